The first kappa shape index (κ1) is 14.1. The highest BCUT2D eigenvalue weighted by Crippen LogP contribution is 2.26. The lowest BCUT2D eigenvalue weighted by Crippen LogP contribution is -2.14. The van der Waals surface area contributed by atoms with Gasteiger partial charge in [0.05, 0.1) is 0 Å². The smallest absolute Gasteiger partial charge is 0.134 e. The Labute approximate surface area is 116 Å². The maximum Gasteiger partial charge on any atom is 0.134 e. The van der Waals surface area contributed by atoms with E-state index in [1.54, 1.807) is 0 Å². The number of hydrogen-bond donors (Lipinski definition) is 2. The van der Waals surface area contributed by atoms with Crippen molar-refractivity contribution in [2.45, 2.75) is 58.8 Å². The maximum absolute atomic E-state index is 5.92. The van der Waals surface area contributed by atoms with Gasteiger partial charge in [0.2, 0.25) is 0 Å². The summed E-state index contributed by atoms with van der Waals surface area (Å²) in [7, 11) is 0. The van der Waals surface area contributed by atoms with E-state index in [9.17, 15) is 0 Å². The molecule has 0 radical (unpaired) electrons. The van der Waals surface area contributed by atoms with Crippen molar-refractivity contribution < 1.29 is 0 Å². The van der Waals surface area contributed by atoms with Crippen molar-refractivity contribution in [2.24, 2.45) is 5.92 Å². The summed E-state index contributed by atoms with van der Waals surface area (Å²) in [6.45, 7) is 5.03. The molecule has 4 nitrogen and oxygen atoms in total. The lowest BCUT2D eigenvalue weighted by molar-refractivity contribution is 0.345. The molecule has 1 saturated carbocycles. The van der Waals surface area contributed by atoms with Gasteiger partial charge in [-0.25, -0.2) is 9.97 Å². The van der Waals surface area contributed by atoms with Crippen molar-refractivity contribution in [3.05, 3.63) is 11.4 Å². The third-order valence-electron chi connectivity index (χ3n) is 4.12. The largest absolute Gasteiger partial charge is 0.383 e. The van der Waals surface area contributed by atoms with E-state index in [0.717, 1.165) is 36.1 Å². The Balaban J connectivity index is 1.89. The van der Waals surface area contributed by atoms with Crippen LogP contribution in [0.2, 0.25) is 0 Å². The summed E-state index contributed by atoms with van der Waals surface area (Å²) in [6.07, 6.45) is 9.09. The molecule has 1 heterocycles. The Morgan fingerprint density at radius 1 is 1.21 bits per heavy atom. The Kier molecular flexibility index (Phi) is 5.00. The molecule has 4 heteroatoms. The van der Waals surface area contributed by atoms with Crippen molar-refractivity contribution in [1.82, 2.24) is 9.97 Å². The number of rotatable bonds is 5. The van der Waals surface area contributed by atoms with E-state index in [1.165, 1.54) is 38.5 Å². The number of nitrogens with one attached hydrogen (secondary N) is 1. The van der Waals surface area contributed by atoms with E-state index in [2.05, 4.69) is 22.2 Å². The molecule has 3 N–H and O–H groups in total. The zero-order valence-electron chi connectivity index (χ0n) is 12.2. The van der Waals surface area contributed by atoms with Crippen molar-refractivity contribution in [2.75, 3.05) is 17.6 Å². The van der Waals surface area contributed by atoms with Crippen LogP contribution in [0.5, 0.6) is 0 Å². The van der Waals surface area contributed by atoms with Gasteiger partial charge in [-0.15, -0.1) is 0 Å². The molecule has 0 saturated heterocycles. The fourth-order valence-electron chi connectivity index (χ4n) is 2.78. The molecule has 1 fully saturated rings. The summed E-state index contributed by atoms with van der Waals surface area (Å²) < 4.78 is 0. The topological polar surface area (TPSA) is 63.8 Å². The summed E-state index contributed by atoms with van der Waals surface area (Å²) in [5.74, 6) is 3.24. The lowest BCUT2D eigenvalue weighted by Gasteiger charge is -2.21. The molecule has 0 aromatic carbocycles. The van der Waals surface area contributed by atoms with Crippen molar-refractivity contribution in [3.63, 3.8) is 0 Å². The fourth-order valence-corrected chi connectivity index (χ4v) is 2.78. The molecule has 19 heavy (non-hydrogen) atoms. The highest BCUT2D eigenvalue weighted by atomic mass is 15.1. The van der Waals surface area contributed by atoms with Gasteiger partial charge in [0.25, 0.3) is 0 Å². The second-order valence-corrected chi connectivity index (χ2v) is 5.57. The van der Waals surface area contributed by atoms with E-state index in [1.807, 2.05) is 6.92 Å². The lowest BCUT2D eigenvalue weighted by atomic mass is 9.87. The van der Waals surface area contributed by atoms with Crippen LogP contribution in [-0.2, 0) is 6.42 Å². The minimum absolute atomic E-state index is 0.604. The van der Waals surface area contributed by atoms with Crippen LogP contribution in [-0.4, -0.2) is 16.5 Å². The summed E-state index contributed by atoms with van der Waals surface area (Å²) in [5, 5.41) is 3.44. The number of hydrogen-bond acceptors (Lipinski definition) is 4. The van der Waals surface area contributed by atoms with Gasteiger partial charge in [-0.1, -0.05) is 39.0 Å². The van der Waals surface area contributed by atoms with Crippen molar-refractivity contribution >= 4 is 11.6 Å². The van der Waals surface area contributed by atoms with E-state index < -0.39 is 0 Å². The summed E-state index contributed by atoms with van der Waals surface area (Å²) in [6, 6.07) is 0. The van der Waals surface area contributed by atoms with Gasteiger partial charge < -0.3 is 11.1 Å². The highest BCUT2D eigenvalue weighted by Gasteiger charge is 2.13. The van der Waals surface area contributed by atoms with Crippen LogP contribution in [0.25, 0.3) is 0 Å². The normalized spacial score (nSPS) is 16.5. The third-order valence-corrected chi connectivity index (χ3v) is 4.12. The molecule has 0 amide bonds. The molecule has 0 atom stereocenters. The first-order chi connectivity index (χ1) is 9.20. The number of nitrogens with zero attached hydrogens (tertiary/aromatic N) is 2. The first-order valence-corrected chi connectivity index (χ1v) is 7.57. The average Bonchev–Trinajstić information content (AvgIpc) is 2.44. The number of aryl methyl sites for hydroxylation is 1. The van der Waals surface area contributed by atoms with Gasteiger partial charge in [-0.3, -0.25) is 0 Å². The van der Waals surface area contributed by atoms with Crippen LogP contribution < -0.4 is 11.1 Å². The van der Waals surface area contributed by atoms with Gasteiger partial charge >= 0.3 is 0 Å². The Bertz CT molecular complexity index is 411. The molecule has 2 rings (SSSR count). The molecule has 0 unspecified atom stereocenters. The molecular formula is C15H26N4. The summed E-state index contributed by atoms with van der Waals surface area (Å²) in [5.41, 5.74) is 6.89. The van der Waals surface area contributed by atoms with E-state index in [0.29, 0.717) is 5.82 Å². The standard InChI is InChI=1S/C15H26N4/c1-3-13-18-14(16)11(2)15(19-13)17-10-9-12-7-5-4-6-8-12/h12H,3-10H2,1-2H3,(H3,16,17,18,19). The van der Waals surface area contributed by atoms with Crippen LogP contribution in [0.15, 0.2) is 0 Å². The molecule has 0 bridgehead atoms. The monoisotopic (exact) mass is 262 g/mol. The second-order valence-electron chi connectivity index (χ2n) is 5.57. The van der Waals surface area contributed by atoms with E-state index in [-0.39, 0.29) is 0 Å². The Hall–Kier alpha value is -1.32. The predicted molar refractivity (Wildman–Crippen MR) is 80.2 cm³/mol. The molecule has 0 spiro atoms. The SMILES string of the molecule is CCc1nc(N)c(C)c(NCCC2CCCCC2)n1. The molecule has 1 aromatic rings. The van der Waals surface area contributed by atoms with Crippen LogP contribution >= 0.6 is 0 Å². The molecule has 0 aliphatic heterocycles. The molecule has 1 aliphatic carbocycles. The van der Waals surface area contributed by atoms with Crippen LogP contribution in [0.4, 0.5) is 11.6 Å². The van der Waals surface area contributed by atoms with Gasteiger partial charge in [0.15, 0.2) is 0 Å². The molecule has 106 valence electrons. The van der Waals surface area contributed by atoms with E-state index >= 15 is 0 Å². The van der Waals surface area contributed by atoms with Gasteiger partial charge in [-0.2, -0.15) is 0 Å². The van der Waals surface area contributed by atoms with Crippen LogP contribution in [0.3, 0.4) is 0 Å². The first-order valence-electron chi connectivity index (χ1n) is 7.57. The quantitative estimate of drug-likeness (QED) is 0.854. The van der Waals surface area contributed by atoms with Crippen LogP contribution in [0.1, 0.15) is 56.8 Å². The Morgan fingerprint density at radius 2 is 1.95 bits per heavy atom. The average molecular weight is 262 g/mol. The number of anilines is 2. The zero-order valence-corrected chi connectivity index (χ0v) is 12.2. The number of aromatic nitrogens is 2. The van der Waals surface area contributed by atoms with Gasteiger partial charge in [-0.05, 0) is 19.3 Å². The summed E-state index contributed by atoms with van der Waals surface area (Å²) >= 11 is 0. The highest BCUT2D eigenvalue weighted by molar-refractivity contribution is 5.54. The van der Waals surface area contributed by atoms with Crippen molar-refractivity contribution in [3.8, 4) is 0 Å². The minimum Gasteiger partial charge on any atom is -0.383 e. The maximum atomic E-state index is 5.92. The fraction of sp³-hybridized carbons (Fsp3) is 0.733. The zero-order chi connectivity index (χ0) is 13.7. The Morgan fingerprint density at radius 3 is 2.63 bits per heavy atom. The van der Waals surface area contributed by atoms with E-state index in [4.69, 9.17) is 5.73 Å². The van der Waals surface area contributed by atoms with Gasteiger partial charge in [0.1, 0.15) is 17.5 Å². The molecular weight excluding hydrogens is 236 g/mol. The predicted octanol–water partition coefficient (Wildman–Crippen LogP) is 3.31. The minimum atomic E-state index is 0.604. The number of nitrogens with two attached hydrogens (primary N) is 1. The number of nitrogen functional groups attached to an aromatic ring is 1. The van der Waals surface area contributed by atoms with Gasteiger partial charge in [0, 0.05) is 18.5 Å². The second kappa shape index (κ2) is 6.73. The third kappa shape index (κ3) is 3.82. The molecule has 1 aromatic heterocycles. The molecule has 1 aliphatic rings. The van der Waals surface area contributed by atoms with Crippen LogP contribution in [0, 0.1) is 12.8 Å². The van der Waals surface area contributed by atoms with Crippen molar-refractivity contribution in [1.29, 1.82) is 0 Å². The summed E-state index contributed by atoms with van der Waals surface area (Å²) in [4.78, 5) is 8.81.